The van der Waals surface area contributed by atoms with Crippen LogP contribution in [0.3, 0.4) is 0 Å². The van der Waals surface area contributed by atoms with Gasteiger partial charge in [-0.1, -0.05) is 12.1 Å². The zero-order valence-electron chi connectivity index (χ0n) is 16.3. The van der Waals surface area contributed by atoms with Crippen LogP contribution in [0.5, 0.6) is 11.5 Å². The molecule has 0 aromatic heterocycles. The lowest BCUT2D eigenvalue weighted by atomic mass is 9.90. The number of phenols is 2. The van der Waals surface area contributed by atoms with Crippen molar-refractivity contribution < 1.29 is 10.2 Å². The Morgan fingerprint density at radius 3 is 1.25 bits per heavy atom. The lowest BCUT2D eigenvalue weighted by Gasteiger charge is -2.17. The number of phenolic OH excluding ortho intramolecular Hbond substituents is 2. The molecule has 2 aromatic carbocycles. The third kappa shape index (κ3) is 4.09. The van der Waals surface area contributed by atoms with Gasteiger partial charge >= 0.3 is 0 Å². The van der Waals surface area contributed by atoms with Crippen molar-refractivity contribution in [2.75, 3.05) is 14.1 Å². The number of aryl methyl sites for hydroxylation is 2. The molecule has 3 N–H and O–H groups in total. The van der Waals surface area contributed by atoms with Gasteiger partial charge < -0.3 is 15.5 Å². The van der Waals surface area contributed by atoms with Crippen molar-refractivity contribution >= 4 is 0 Å². The highest BCUT2D eigenvalue weighted by molar-refractivity contribution is 5.53. The summed E-state index contributed by atoms with van der Waals surface area (Å²) in [6, 6.07) is 4.13. The normalized spacial score (nSPS) is 10.3. The van der Waals surface area contributed by atoms with E-state index in [1.165, 1.54) is 11.1 Å². The molecule has 0 aliphatic heterocycles. The minimum absolute atomic E-state index is 0.394. The molecule has 0 saturated heterocycles. The highest BCUT2D eigenvalue weighted by Gasteiger charge is 2.13. The zero-order chi connectivity index (χ0) is 18.6. The lowest BCUT2D eigenvalue weighted by Crippen LogP contribution is -2.00. The van der Waals surface area contributed by atoms with E-state index in [9.17, 15) is 10.2 Å². The van der Waals surface area contributed by atoms with Crippen molar-refractivity contribution in [2.45, 2.75) is 48.0 Å². The summed E-state index contributed by atoms with van der Waals surface area (Å²) < 4.78 is 0. The van der Waals surface area contributed by atoms with E-state index in [-0.39, 0.29) is 0 Å². The molecule has 0 aliphatic rings. The van der Waals surface area contributed by atoms with Crippen LogP contribution in [-0.4, -0.2) is 24.3 Å². The lowest BCUT2D eigenvalue weighted by molar-refractivity contribution is 0.466. The summed E-state index contributed by atoms with van der Waals surface area (Å²) in [6.07, 6.45) is 0.821. The molecule has 0 heterocycles. The second-order valence-corrected chi connectivity index (χ2v) is 6.58. The zero-order valence-corrected chi connectivity index (χ0v) is 16.3. The molecule has 0 radical (unpaired) electrons. The molecule has 3 nitrogen and oxygen atoms in total. The van der Waals surface area contributed by atoms with Crippen LogP contribution in [0.25, 0.3) is 0 Å². The number of rotatable bonds is 2. The van der Waals surface area contributed by atoms with Crippen LogP contribution >= 0.6 is 0 Å². The molecular weight excluding hydrogens is 298 g/mol. The molecule has 0 spiro atoms. The van der Waals surface area contributed by atoms with E-state index >= 15 is 0 Å². The first-order chi connectivity index (χ1) is 11.1. The van der Waals surface area contributed by atoms with Crippen molar-refractivity contribution in [2.24, 2.45) is 0 Å². The van der Waals surface area contributed by atoms with Gasteiger partial charge in [-0.3, -0.25) is 0 Å². The molecule has 0 atom stereocenters. The van der Waals surface area contributed by atoms with Gasteiger partial charge in [-0.25, -0.2) is 0 Å². The third-order valence-corrected chi connectivity index (χ3v) is 4.71. The molecule has 0 unspecified atom stereocenters. The Hall–Kier alpha value is -2.00. The fraction of sp³-hybridized carbons (Fsp3) is 0.429. The van der Waals surface area contributed by atoms with Gasteiger partial charge in [0, 0.05) is 0 Å². The summed E-state index contributed by atoms with van der Waals surface area (Å²) >= 11 is 0. The van der Waals surface area contributed by atoms with Crippen molar-refractivity contribution in [3.05, 3.63) is 56.6 Å². The second-order valence-electron chi connectivity index (χ2n) is 6.58. The summed E-state index contributed by atoms with van der Waals surface area (Å²) in [4.78, 5) is 0. The first-order valence-corrected chi connectivity index (χ1v) is 8.31. The molecule has 24 heavy (non-hydrogen) atoms. The second kappa shape index (κ2) is 8.20. The van der Waals surface area contributed by atoms with Gasteiger partial charge in [0.1, 0.15) is 11.5 Å². The van der Waals surface area contributed by atoms with E-state index in [2.05, 4.69) is 31.3 Å². The maximum atomic E-state index is 10.0. The Morgan fingerprint density at radius 2 is 0.958 bits per heavy atom. The summed E-state index contributed by atoms with van der Waals surface area (Å²) in [6.45, 7) is 11.9. The topological polar surface area (TPSA) is 52.5 Å². The van der Waals surface area contributed by atoms with E-state index in [1.807, 2.05) is 41.8 Å². The average molecular weight is 329 g/mol. The predicted octanol–water partition coefficient (Wildman–Crippen LogP) is 4.37. The fourth-order valence-corrected chi connectivity index (χ4v) is 2.88. The maximum Gasteiger partial charge on any atom is 0.121 e. The number of aromatic hydroxyl groups is 2. The third-order valence-electron chi connectivity index (χ3n) is 4.71. The van der Waals surface area contributed by atoms with Crippen molar-refractivity contribution in [3.63, 3.8) is 0 Å². The van der Waals surface area contributed by atoms with Gasteiger partial charge in [0.2, 0.25) is 0 Å². The first kappa shape index (κ1) is 20.0. The molecule has 0 bridgehead atoms. The Balaban J connectivity index is 0.000000891. The van der Waals surface area contributed by atoms with Crippen molar-refractivity contribution in [3.8, 4) is 11.5 Å². The molecule has 2 rings (SSSR count). The average Bonchev–Trinajstić information content (AvgIpc) is 2.54. The molecule has 2 aromatic rings. The van der Waals surface area contributed by atoms with Crippen molar-refractivity contribution in [1.82, 2.24) is 5.32 Å². The Bertz CT molecular complexity index is 672. The molecule has 0 aliphatic carbocycles. The van der Waals surface area contributed by atoms with Gasteiger partial charge in [-0.15, -0.1) is 0 Å². The SMILES string of the molecule is CNC.Cc1cc(Cc2cc(C)c(O)c(C)c2C)c(C)c(C)c1O. The number of hydrogen-bond donors (Lipinski definition) is 3. The van der Waals surface area contributed by atoms with Crippen LogP contribution in [0.2, 0.25) is 0 Å². The molecule has 0 amide bonds. The smallest absolute Gasteiger partial charge is 0.121 e. The standard InChI is InChI=1S/C19H24O2.C2H7N/c1-10-7-16(12(3)14(5)18(10)20)9-17-8-11(2)19(21)15(6)13(17)4;1-3-2/h7-8,20-21H,9H2,1-6H3;3H,1-2H3. The number of benzene rings is 2. The molecule has 0 saturated carbocycles. The van der Waals surface area contributed by atoms with Crippen LogP contribution in [0.4, 0.5) is 0 Å². The van der Waals surface area contributed by atoms with Gasteiger partial charge in [0.05, 0.1) is 0 Å². The summed E-state index contributed by atoms with van der Waals surface area (Å²) in [5, 5.41) is 22.8. The highest BCUT2D eigenvalue weighted by Crippen LogP contribution is 2.32. The largest absolute Gasteiger partial charge is 0.507 e. The number of hydrogen-bond acceptors (Lipinski definition) is 3. The van der Waals surface area contributed by atoms with Gasteiger partial charge in [0.25, 0.3) is 0 Å². The van der Waals surface area contributed by atoms with Crippen LogP contribution in [0.15, 0.2) is 12.1 Å². The van der Waals surface area contributed by atoms with E-state index in [4.69, 9.17) is 0 Å². The molecule has 0 fully saturated rings. The number of nitrogens with one attached hydrogen (secondary N) is 1. The van der Waals surface area contributed by atoms with Crippen LogP contribution in [0, 0.1) is 41.5 Å². The predicted molar refractivity (Wildman–Crippen MR) is 102 cm³/mol. The monoisotopic (exact) mass is 329 g/mol. The Labute approximate surface area is 146 Å². The van der Waals surface area contributed by atoms with E-state index < -0.39 is 0 Å². The van der Waals surface area contributed by atoms with Gasteiger partial charge in [-0.2, -0.15) is 0 Å². The minimum atomic E-state index is 0.394. The van der Waals surface area contributed by atoms with Crippen molar-refractivity contribution in [1.29, 1.82) is 0 Å². The molecule has 132 valence electrons. The summed E-state index contributed by atoms with van der Waals surface area (Å²) in [5.41, 5.74) is 8.48. The summed E-state index contributed by atoms with van der Waals surface area (Å²) in [5.74, 6) is 0.789. The Morgan fingerprint density at radius 1 is 0.667 bits per heavy atom. The quantitative estimate of drug-likeness (QED) is 0.766. The first-order valence-electron chi connectivity index (χ1n) is 8.31. The Kier molecular flexibility index (Phi) is 6.85. The van der Waals surface area contributed by atoms with E-state index in [0.29, 0.717) is 11.5 Å². The van der Waals surface area contributed by atoms with E-state index in [1.54, 1.807) is 0 Å². The molecule has 3 heteroatoms. The van der Waals surface area contributed by atoms with E-state index in [0.717, 1.165) is 39.8 Å². The van der Waals surface area contributed by atoms with Crippen LogP contribution in [0.1, 0.15) is 44.5 Å². The highest BCUT2D eigenvalue weighted by atomic mass is 16.3. The van der Waals surface area contributed by atoms with Gasteiger partial charge in [0.15, 0.2) is 0 Å². The van der Waals surface area contributed by atoms with Gasteiger partial charge in [-0.05, 0) is 107 Å². The maximum absolute atomic E-state index is 10.0. The fourth-order valence-electron chi connectivity index (χ4n) is 2.88. The van der Waals surface area contributed by atoms with Crippen LogP contribution < -0.4 is 5.32 Å². The van der Waals surface area contributed by atoms with Crippen LogP contribution in [-0.2, 0) is 6.42 Å². The summed E-state index contributed by atoms with van der Waals surface area (Å²) in [7, 11) is 3.75. The minimum Gasteiger partial charge on any atom is -0.507 e. The molecular formula is C21H31NO2.